The van der Waals surface area contributed by atoms with Gasteiger partial charge in [0.15, 0.2) is 0 Å². The third kappa shape index (κ3) is 4.63. The summed E-state index contributed by atoms with van der Waals surface area (Å²) in [7, 11) is 0. The molecule has 0 aromatic rings. The second-order valence-corrected chi connectivity index (χ2v) is 4.48. The maximum atomic E-state index is 8.87. The number of hydrogen-bond acceptors (Lipinski definition) is 2. The number of rotatable bonds is 7. The van der Waals surface area contributed by atoms with E-state index in [0.29, 0.717) is 18.6 Å². The highest BCUT2D eigenvalue weighted by atomic mass is 16.3. The predicted molar refractivity (Wildman–Crippen MR) is 55.7 cm³/mol. The standard InChI is InChI=1S/C11H23NO/c1-3-11(6-10-4-5-10)12-7-9(2)8-13/h9-13H,3-8H2,1-2H3. The Bertz CT molecular complexity index is 134. The van der Waals surface area contributed by atoms with Crippen LogP contribution in [0, 0.1) is 11.8 Å². The minimum absolute atomic E-state index is 0.298. The Morgan fingerprint density at radius 3 is 2.62 bits per heavy atom. The first kappa shape index (κ1) is 11.0. The van der Waals surface area contributed by atoms with Gasteiger partial charge in [0.25, 0.3) is 0 Å². The van der Waals surface area contributed by atoms with Gasteiger partial charge in [-0.2, -0.15) is 0 Å². The van der Waals surface area contributed by atoms with Crippen molar-refractivity contribution in [1.29, 1.82) is 0 Å². The molecule has 1 saturated carbocycles. The topological polar surface area (TPSA) is 32.3 Å². The molecule has 2 atom stereocenters. The lowest BCUT2D eigenvalue weighted by molar-refractivity contribution is 0.228. The minimum Gasteiger partial charge on any atom is -0.396 e. The van der Waals surface area contributed by atoms with Crippen LogP contribution in [0.4, 0.5) is 0 Å². The summed E-state index contributed by atoms with van der Waals surface area (Å²) < 4.78 is 0. The molecule has 2 nitrogen and oxygen atoms in total. The van der Waals surface area contributed by atoms with Crippen LogP contribution in [0.5, 0.6) is 0 Å². The van der Waals surface area contributed by atoms with E-state index in [1.165, 1.54) is 25.7 Å². The fourth-order valence-electron chi connectivity index (χ4n) is 1.58. The minimum atomic E-state index is 0.298. The fraction of sp³-hybridized carbons (Fsp3) is 1.00. The van der Waals surface area contributed by atoms with E-state index >= 15 is 0 Å². The molecule has 0 aromatic carbocycles. The van der Waals surface area contributed by atoms with Crippen molar-refractivity contribution in [3.63, 3.8) is 0 Å². The molecule has 1 aliphatic carbocycles. The zero-order chi connectivity index (χ0) is 9.68. The van der Waals surface area contributed by atoms with E-state index in [1.807, 2.05) is 0 Å². The zero-order valence-corrected chi connectivity index (χ0v) is 8.92. The van der Waals surface area contributed by atoms with E-state index in [-0.39, 0.29) is 0 Å². The second-order valence-electron chi connectivity index (χ2n) is 4.48. The highest BCUT2D eigenvalue weighted by molar-refractivity contribution is 4.79. The third-order valence-electron chi connectivity index (χ3n) is 2.87. The van der Waals surface area contributed by atoms with Crippen molar-refractivity contribution in [2.45, 2.75) is 45.6 Å². The van der Waals surface area contributed by atoms with Crippen LogP contribution in [-0.4, -0.2) is 24.3 Å². The van der Waals surface area contributed by atoms with E-state index < -0.39 is 0 Å². The Labute approximate surface area is 81.7 Å². The molecule has 78 valence electrons. The van der Waals surface area contributed by atoms with Gasteiger partial charge in [0.05, 0.1) is 0 Å². The maximum Gasteiger partial charge on any atom is 0.0468 e. The fourth-order valence-corrected chi connectivity index (χ4v) is 1.58. The van der Waals surface area contributed by atoms with Crippen LogP contribution in [0.3, 0.4) is 0 Å². The van der Waals surface area contributed by atoms with Crippen LogP contribution in [-0.2, 0) is 0 Å². The highest BCUT2D eigenvalue weighted by Crippen LogP contribution is 2.33. The average molecular weight is 185 g/mol. The van der Waals surface area contributed by atoms with E-state index in [4.69, 9.17) is 5.11 Å². The molecule has 13 heavy (non-hydrogen) atoms. The molecule has 2 N–H and O–H groups in total. The zero-order valence-electron chi connectivity index (χ0n) is 8.92. The lowest BCUT2D eigenvalue weighted by atomic mass is 10.1. The van der Waals surface area contributed by atoms with Crippen molar-refractivity contribution < 1.29 is 5.11 Å². The maximum absolute atomic E-state index is 8.87. The summed E-state index contributed by atoms with van der Waals surface area (Å²) in [5.74, 6) is 1.40. The van der Waals surface area contributed by atoms with Crippen LogP contribution in [0.1, 0.15) is 39.5 Å². The quantitative estimate of drug-likeness (QED) is 0.633. The Balaban J connectivity index is 2.07. The second kappa shape index (κ2) is 5.61. The summed E-state index contributed by atoms with van der Waals surface area (Å²) in [6.07, 6.45) is 5.44. The van der Waals surface area contributed by atoms with Gasteiger partial charge >= 0.3 is 0 Å². The molecule has 1 fully saturated rings. The van der Waals surface area contributed by atoms with Gasteiger partial charge in [-0.1, -0.05) is 26.7 Å². The average Bonchev–Trinajstić information content (AvgIpc) is 2.95. The van der Waals surface area contributed by atoms with Gasteiger partial charge in [0.1, 0.15) is 0 Å². The van der Waals surface area contributed by atoms with Gasteiger partial charge < -0.3 is 10.4 Å². The van der Waals surface area contributed by atoms with Crippen molar-refractivity contribution in [2.75, 3.05) is 13.2 Å². The van der Waals surface area contributed by atoms with Gasteiger partial charge in [-0.15, -0.1) is 0 Å². The van der Waals surface area contributed by atoms with Crippen LogP contribution in [0.25, 0.3) is 0 Å². The number of aliphatic hydroxyl groups is 1. The van der Waals surface area contributed by atoms with E-state index in [0.717, 1.165) is 12.5 Å². The Hall–Kier alpha value is -0.0800. The molecular weight excluding hydrogens is 162 g/mol. The first-order valence-corrected chi connectivity index (χ1v) is 5.60. The molecule has 0 spiro atoms. The summed E-state index contributed by atoms with van der Waals surface area (Å²) >= 11 is 0. The third-order valence-corrected chi connectivity index (χ3v) is 2.87. The number of aliphatic hydroxyl groups excluding tert-OH is 1. The van der Waals surface area contributed by atoms with Crippen LogP contribution in [0.15, 0.2) is 0 Å². The Morgan fingerprint density at radius 1 is 1.46 bits per heavy atom. The Kier molecular flexibility index (Phi) is 4.74. The Morgan fingerprint density at radius 2 is 2.15 bits per heavy atom. The smallest absolute Gasteiger partial charge is 0.0468 e. The molecule has 0 aliphatic heterocycles. The first-order valence-electron chi connectivity index (χ1n) is 5.60. The molecule has 2 unspecified atom stereocenters. The van der Waals surface area contributed by atoms with Crippen molar-refractivity contribution in [1.82, 2.24) is 5.32 Å². The summed E-state index contributed by atoms with van der Waals surface area (Å²) in [5, 5.41) is 12.4. The monoisotopic (exact) mass is 185 g/mol. The van der Waals surface area contributed by atoms with Gasteiger partial charge in [0.2, 0.25) is 0 Å². The lowest BCUT2D eigenvalue weighted by Gasteiger charge is -2.18. The molecule has 0 bridgehead atoms. The molecular formula is C11H23NO. The van der Waals surface area contributed by atoms with Gasteiger partial charge in [-0.3, -0.25) is 0 Å². The molecule has 1 aliphatic rings. The molecule has 0 radical (unpaired) electrons. The van der Waals surface area contributed by atoms with Gasteiger partial charge in [-0.25, -0.2) is 0 Å². The summed E-state index contributed by atoms with van der Waals surface area (Å²) in [6, 6.07) is 0.682. The van der Waals surface area contributed by atoms with Gasteiger partial charge in [0, 0.05) is 19.2 Å². The molecule has 0 heterocycles. The van der Waals surface area contributed by atoms with Crippen molar-refractivity contribution >= 4 is 0 Å². The summed E-state index contributed by atoms with van der Waals surface area (Å²) in [4.78, 5) is 0. The van der Waals surface area contributed by atoms with Crippen molar-refractivity contribution in [2.24, 2.45) is 11.8 Å². The molecule has 0 amide bonds. The summed E-state index contributed by atoms with van der Waals surface area (Å²) in [6.45, 7) is 5.58. The largest absolute Gasteiger partial charge is 0.396 e. The molecule has 1 rings (SSSR count). The lowest BCUT2D eigenvalue weighted by Crippen LogP contribution is -2.33. The van der Waals surface area contributed by atoms with Crippen LogP contribution >= 0.6 is 0 Å². The van der Waals surface area contributed by atoms with Crippen molar-refractivity contribution in [3.05, 3.63) is 0 Å². The van der Waals surface area contributed by atoms with Crippen LogP contribution in [0.2, 0.25) is 0 Å². The summed E-state index contributed by atoms with van der Waals surface area (Å²) in [5.41, 5.74) is 0. The van der Waals surface area contributed by atoms with E-state index in [2.05, 4.69) is 19.2 Å². The number of nitrogens with one attached hydrogen (secondary N) is 1. The normalized spacial score (nSPS) is 21.5. The molecule has 2 heteroatoms. The first-order chi connectivity index (χ1) is 6.26. The van der Waals surface area contributed by atoms with E-state index in [9.17, 15) is 0 Å². The SMILES string of the molecule is CCC(CC1CC1)NCC(C)CO. The highest BCUT2D eigenvalue weighted by Gasteiger charge is 2.24. The molecule has 0 saturated heterocycles. The van der Waals surface area contributed by atoms with Gasteiger partial charge in [-0.05, 0) is 24.7 Å². The van der Waals surface area contributed by atoms with E-state index in [1.54, 1.807) is 0 Å². The predicted octanol–water partition coefficient (Wildman–Crippen LogP) is 1.78. The number of hydrogen-bond donors (Lipinski definition) is 2. The van der Waals surface area contributed by atoms with Crippen molar-refractivity contribution in [3.8, 4) is 0 Å². The van der Waals surface area contributed by atoms with Crippen LogP contribution < -0.4 is 5.32 Å². The molecule has 0 aromatic heterocycles.